The molecule has 5 aromatic rings. The van der Waals surface area contributed by atoms with Crippen LogP contribution in [0.15, 0.2) is 70.3 Å². The molecule has 3 aromatic carbocycles. The van der Waals surface area contributed by atoms with Crippen LogP contribution >= 0.6 is 0 Å². The number of benzene rings is 3. The molecular weight excluding hydrogens is 480 g/mol. The van der Waals surface area contributed by atoms with E-state index in [9.17, 15) is 9.59 Å². The lowest BCUT2D eigenvalue weighted by molar-refractivity contribution is 0.581. The average molecular weight is 513 g/mol. The number of fused-ring (bicyclic) bond motifs is 2. The van der Waals surface area contributed by atoms with E-state index in [0.29, 0.717) is 13.1 Å². The van der Waals surface area contributed by atoms with Gasteiger partial charge in [0.25, 0.3) is 11.1 Å². The number of aryl methyl sites for hydroxylation is 6. The zero-order valence-corrected chi connectivity index (χ0v) is 22.3. The molecule has 0 fully saturated rings. The van der Waals surface area contributed by atoms with Crippen LogP contribution in [0.4, 0.5) is 0 Å². The van der Waals surface area contributed by atoms with E-state index in [2.05, 4.69) is 60.7 Å². The highest BCUT2D eigenvalue weighted by atomic mass is 16.1. The predicted molar refractivity (Wildman–Crippen MR) is 159 cm³/mol. The Balaban J connectivity index is 1.34. The Morgan fingerprint density at radius 3 is 1.36 bits per heavy atom. The van der Waals surface area contributed by atoms with Gasteiger partial charge in [-0.3, -0.25) is 9.59 Å². The Bertz CT molecular complexity index is 1800. The molecule has 3 heterocycles. The van der Waals surface area contributed by atoms with E-state index in [0.717, 1.165) is 76.2 Å². The minimum atomic E-state index is 0.0467. The molecule has 2 aromatic heterocycles. The summed E-state index contributed by atoms with van der Waals surface area (Å²) >= 11 is 0. The Labute approximate surface area is 227 Å². The van der Waals surface area contributed by atoms with E-state index in [1.165, 1.54) is 47.9 Å². The number of hydrogen-bond donors (Lipinski definition) is 0. The first-order chi connectivity index (χ1) is 19.2. The van der Waals surface area contributed by atoms with Gasteiger partial charge in [-0.2, -0.15) is 0 Å². The van der Waals surface area contributed by atoms with Crippen molar-refractivity contribution in [1.29, 1.82) is 0 Å². The van der Waals surface area contributed by atoms with Gasteiger partial charge in [-0.05, 0) is 103 Å². The zero-order chi connectivity index (χ0) is 26.1. The van der Waals surface area contributed by atoms with Gasteiger partial charge in [-0.15, -0.1) is 0 Å². The lowest BCUT2D eigenvalue weighted by Crippen LogP contribution is -2.22. The monoisotopic (exact) mass is 512 g/mol. The van der Waals surface area contributed by atoms with Crippen molar-refractivity contribution in [2.45, 2.75) is 70.9 Å². The molecule has 0 atom stereocenters. The van der Waals surface area contributed by atoms with Crippen LogP contribution in [0, 0.1) is 0 Å². The maximum Gasteiger partial charge on any atom is 0.258 e. The molecule has 3 aliphatic rings. The van der Waals surface area contributed by atoms with E-state index < -0.39 is 0 Å². The van der Waals surface area contributed by atoms with Gasteiger partial charge < -0.3 is 9.13 Å². The Morgan fingerprint density at radius 1 is 0.462 bits per heavy atom. The fourth-order valence-electron chi connectivity index (χ4n) is 7.37. The number of nitrogens with zero attached hydrogens (tertiary/aromatic N) is 2. The largest absolute Gasteiger partial charge is 0.306 e. The van der Waals surface area contributed by atoms with Crippen LogP contribution in [-0.2, 0) is 38.8 Å². The summed E-state index contributed by atoms with van der Waals surface area (Å²) in [5, 5.41) is 2.04. The van der Waals surface area contributed by atoms with Crippen LogP contribution in [-0.4, -0.2) is 9.13 Å². The maximum absolute atomic E-state index is 14.0. The normalized spacial score (nSPS) is 16.3. The first-order valence-corrected chi connectivity index (χ1v) is 14.6. The summed E-state index contributed by atoms with van der Waals surface area (Å²) in [4.78, 5) is 28.0. The average Bonchev–Trinajstić information content (AvgIpc) is 3.19. The van der Waals surface area contributed by atoms with Gasteiger partial charge in [-0.25, -0.2) is 0 Å². The summed E-state index contributed by atoms with van der Waals surface area (Å²) in [5.41, 5.74) is 11.0. The van der Waals surface area contributed by atoms with Crippen molar-refractivity contribution >= 4 is 21.8 Å². The molecular formula is C35H32N2O2. The highest BCUT2D eigenvalue weighted by Crippen LogP contribution is 2.33. The predicted octanol–water partition coefficient (Wildman–Crippen LogP) is 6.81. The van der Waals surface area contributed by atoms with Gasteiger partial charge in [0.2, 0.25) is 0 Å². The summed E-state index contributed by atoms with van der Waals surface area (Å²) in [5.74, 6) is 0. The first-order valence-electron chi connectivity index (χ1n) is 14.6. The number of pyridine rings is 2. The van der Waals surface area contributed by atoms with E-state index in [1.54, 1.807) is 0 Å². The molecule has 4 heteroatoms. The Morgan fingerprint density at radius 2 is 0.897 bits per heavy atom. The molecule has 194 valence electrons. The lowest BCUT2D eigenvalue weighted by atomic mass is 9.89. The molecule has 0 bridgehead atoms. The molecule has 8 rings (SSSR count). The summed E-state index contributed by atoms with van der Waals surface area (Å²) in [6.45, 7) is 1.23. The molecule has 0 saturated carbocycles. The van der Waals surface area contributed by atoms with Crippen molar-refractivity contribution in [2.24, 2.45) is 0 Å². The third-order valence-corrected chi connectivity index (χ3v) is 9.39. The lowest BCUT2D eigenvalue weighted by Gasteiger charge is -2.18. The topological polar surface area (TPSA) is 44.0 Å². The summed E-state index contributed by atoms with van der Waals surface area (Å²) in [7, 11) is 0. The maximum atomic E-state index is 14.0. The highest BCUT2D eigenvalue weighted by Gasteiger charge is 2.22. The summed E-state index contributed by atoms with van der Waals surface area (Å²) < 4.78 is 3.88. The molecule has 0 radical (unpaired) electrons. The van der Waals surface area contributed by atoms with Crippen LogP contribution in [0.25, 0.3) is 44.1 Å². The standard InChI is InChI=1S/C35H32N2O2/c38-34-30(26-12-10-22-6-1-3-8-24(22)18-26)20-28-14-15-29-21-31(27-13-11-23-7-2-4-9-25(23)19-27)35(39)37-17-5-16-36(34)32(28)33(29)37/h10-15,18-21H,1-9,16-17H2. The third kappa shape index (κ3) is 3.57. The van der Waals surface area contributed by atoms with Crippen LogP contribution < -0.4 is 11.1 Å². The number of rotatable bonds is 2. The van der Waals surface area contributed by atoms with Gasteiger partial charge in [0.15, 0.2) is 0 Å². The smallest absolute Gasteiger partial charge is 0.258 e. The molecule has 0 spiro atoms. The van der Waals surface area contributed by atoms with Gasteiger partial charge in [0.1, 0.15) is 0 Å². The summed E-state index contributed by atoms with van der Waals surface area (Å²) in [6, 6.07) is 21.5. The third-order valence-electron chi connectivity index (χ3n) is 9.39. The first kappa shape index (κ1) is 23.0. The molecule has 0 N–H and O–H groups in total. The number of aromatic nitrogens is 2. The fraction of sp³-hybridized carbons (Fsp3) is 0.314. The van der Waals surface area contributed by atoms with E-state index in [1.807, 2.05) is 9.13 Å². The summed E-state index contributed by atoms with van der Waals surface area (Å²) in [6.07, 6.45) is 10.1. The molecule has 0 amide bonds. The Hall–Kier alpha value is -3.92. The van der Waals surface area contributed by atoms with Crippen molar-refractivity contribution in [3.8, 4) is 22.3 Å². The number of hydrogen-bond acceptors (Lipinski definition) is 2. The second-order valence-electron chi connectivity index (χ2n) is 11.7. The van der Waals surface area contributed by atoms with Crippen molar-refractivity contribution in [2.75, 3.05) is 0 Å². The zero-order valence-electron chi connectivity index (χ0n) is 22.3. The Kier molecular flexibility index (Phi) is 5.19. The van der Waals surface area contributed by atoms with E-state index in [4.69, 9.17) is 0 Å². The molecule has 4 nitrogen and oxygen atoms in total. The van der Waals surface area contributed by atoms with Crippen molar-refractivity contribution in [3.05, 3.63) is 104 Å². The molecule has 2 aliphatic carbocycles. The van der Waals surface area contributed by atoms with Crippen LogP contribution in [0.2, 0.25) is 0 Å². The van der Waals surface area contributed by atoms with Gasteiger partial charge >= 0.3 is 0 Å². The van der Waals surface area contributed by atoms with Crippen LogP contribution in [0.5, 0.6) is 0 Å². The van der Waals surface area contributed by atoms with E-state index in [-0.39, 0.29) is 11.1 Å². The molecule has 39 heavy (non-hydrogen) atoms. The molecule has 0 saturated heterocycles. The second-order valence-corrected chi connectivity index (χ2v) is 11.7. The minimum absolute atomic E-state index is 0.0467. The van der Waals surface area contributed by atoms with Crippen molar-refractivity contribution in [3.63, 3.8) is 0 Å². The van der Waals surface area contributed by atoms with Crippen molar-refractivity contribution < 1.29 is 0 Å². The molecule has 0 unspecified atom stereocenters. The quantitative estimate of drug-likeness (QED) is 0.244. The fourth-order valence-corrected chi connectivity index (χ4v) is 7.37. The van der Waals surface area contributed by atoms with E-state index >= 15 is 0 Å². The van der Waals surface area contributed by atoms with Crippen LogP contribution in [0.3, 0.4) is 0 Å². The second kappa shape index (κ2) is 8.81. The van der Waals surface area contributed by atoms with Crippen molar-refractivity contribution in [1.82, 2.24) is 9.13 Å². The molecule has 1 aliphatic heterocycles. The van der Waals surface area contributed by atoms with Gasteiger partial charge in [0.05, 0.1) is 11.0 Å². The van der Waals surface area contributed by atoms with Crippen LogP contribution in [0.1, 0.15) is 54.4 Å². The van der Waals surface area contributed by atoms with Gasteiger partial charge in [0, 0.05) is 35.0 Å². The minimum Gasteiger partial charge on any atom is -0.306 e. The SMILES string of the molecule is O=c1c(-c2ccc3c(c2)CCCC3)cc2ccc3cc(-c4ccc5c(c4)CCCC5)c(=O)n4c3c2n1CCC4. The van der Waals surface area contributed by atoms with Gasteiger partial charge in [-0.1, -0.05) is 48.5 Å². The highest BCUT2D eigenvalue weighted by molar-refractivity contribution is 6.05.